The topological polar surface area (TPSA) is 149 Å². The molecule has 7 rings (SSSR count). The van der Waals surface area contributed by atoms with Crippen LogP contribution in [0.3, 0.4) is 0 Å². The zero-order chi connectivity index (χ0) is 47.9. The van der Waals surface area contributed by atoms with Crippen LogP contribution in [0.4, 0.5) is 0 Å². The number of rotatable bonds is 36. The Kier molecular flexibility index (Phi) is 21.1. The van der Waals surface area contributed by atoms with Gasteiger partial charge in [0.05, 0.1) is 202 Å². The van der Waals surface area contributed by atoms with Gasteiger partial charge in [-0.2, -0.15) is 0 Å². The van der Waals surface area contributed by atoms with E-state index >= 15 is 0 Å². The normalized spacial score (nSPS) is 24.5. The molecule has 7 saturated heterocycles. The standard InChI is InChI=1S/C40H72O12.C12H22O3/c1-6-34(12-42-13-34)22-47-27-39(11-41,28-48-23-35(7-2)14-43-15-35)29-52-33-40(30-49-24-36(8-3)16-44-17-36,31-50-25-37(9-4)18-45-19-37)32-51-26-38(10-5)20-46-21-38;1-3-11(5-13-6-11)9-15-10-12(4-2)7-14-8-12/h41H,6-33H2,1-5H3;3-10H2,1-2H3. The van der Waals surface area contributed by atoms with Crippen molar-refractivity contribution in [2.45, 2.75) is 93.4 Å². The Morgan fingerprint density at radius 3 is 0.642 bits per heavy atom. The molecular formula is C52H94O15. The van der Waals surface area contributed by atoms with Gasteiger partial charge < -0.3 is 71.4 Å². The molecule has 0 bridgehead atoms. The molecular weight excluding hydrogens is 865 g/mol. The van der Waals surface area contributed by atoms with Gasteiger partial charge in [0, 0.05) is 37.9 Å². The Morgan fingerprint density at radius 1 is 0.284 bits per heavy atom. The van der Waals surface area contributed by atoms with Gasteiger partial charge in [-0.25, -0.2) is 0 Å². The van der Waals surface area contributed by atoms with E-state index in [2.05, 4.69) is 48.5 Å². The SMILES string of the molecule is CCC1(COCC(CO)(COCC2(CC)COC2)COCC(COCC2(CC)COC2)(COCC2(CC)COC2)COCC2(CC)COC2)COC1.CCC1(COCC2(CC)COC2)COC1. The van der Waals surface area contributed by atoms with Gasteiger partial charge >= 0.3 is 0 Å². The summed E-state index contributed by atoms with van der Waals surface area (Å²) in [6.45, 7) is 33.0. The molecule has 0 unspecified atom stereocenters. The van der Waals surface area contributed by atoms with Crippen LogP contribution in [0.25, 0.3) is 0 Å². The molecule has 0 aromatic carbocycles. The van der Waals surface area contributed by atoms with E-state index in [-0.39, 0.29) is 40.3 Å². The maximum absolute atomic E-state index is 11.0. The summed E-state index contributed by atoms with van der Waals surface area (Å²) >= 11 is 0. The third-order valence-electron chi connectivity index (χ3n) is 17.0. The minimum Gasteiger partial charge on any atom is -0.396 e. The second-order valence-electron chi connectivity index (χ2n) is 23.0. The first-order chi connectivity index (χ1) is 32.4. The molecule has 7 heterocycles. The van der Waals surface area contributed by atoms with Crippen molar-refractivity contribution in [1.29, 1.82) is 0 Å². The maximum atomic E-state index is 11.0. The van der Waals surface area contributed by atoms with Crippen LogP contribution in [-0.4, -0.2) is 197 Å². The van der Waals surface area contributed by atoms with Gasteiger partial charge in [-0.3, -0.25) is 0 Å². The largest absolute Gasteiger partial charge is 0.396 e. The molecule has 0 amide bonds. The summed E-state index contributed by atoms with van der Waals surface area (Å²) < 4.78 is 83.5. The lowest BCUT2D eigenvalue weighted by Crippen LogP contribution is -2.51. The number of aliphatic hydroxyl groups is 1. The smallest absolute Gasteiger partial charge is 0.0637 e. The molecule has 67 heavy (non-hydrogen) atoms. The van der Waals surface area contributed by atoms with E-state index in [4.69, 9.17) is 66.3 Å². The van der Waals surface area contributed by atoms with E-state index in [1.807, 2.05) is 0 Å². The fraction of sp³-hybridized carbons (Fsp3) is 1.00. The molecule has 392 valence electrons. The second kappa shape index (κ2) is 25.4. The molecule has 7 aliphatic heterocycles. The molecule has 0 aliphatic carbocycles. The summed E-state index contributed by atoms with van der Waals surface area (Å²) in [5.41, 5.74) is -0.513. The van der Waals surface area contributed by atoms with Crippen LogP contribution < -0.4 is 0 Å². The van der Waals surface area contributed by atoms with Crippen LogP contribution in [0.5, 0.6) is 0 Å². The van der Waals surface area contributed by atoms with Crippen molar-refractivity contribution < 1.29 is 71.4 Å². The van der Waals surface area contributed by atoms with Crippen LogP contribution in [0.2, 0.25) is 0 Å². The zero-order valence-corrected chi connectivity index (χ0v) is 43.1. The summed E-state index contributed by atoms with van der Waals surface area (Å²) in [6.07, 6.45) is 7.27. The first-order valence-corrected chi connectivity index (χ1v) is 26.1. The summed E-state index contributed by atoms with van der Waals surface area (Å²) in [5, 5.41) is 11.0. The molecule has 1 N–H and O–H groups in total. The monoisotopic (exact) mass is 959 g/mol. The Balaban J connectivity index is 0.000000416. The lowest BCUT2D eigenvalue weighted by Gasteiger charge is -2.44. The molecule has 7 aliphatic rings. The van der Waals surface area contributed by atoms with E-state index in [9.17, 15) is 5.11 Å². The van der Waals surface area contributed by atoms with Crippen molar-refractivity contribution >= 4 is 0 Å². The van der Waals surface area contributed by atoms with E-state index in [0.29, 0.717) is 150 Å². The third kappa shape index (κ3) is 14.3. The van der Waals surface area contributed by atoms with Crippen molar-refractivity contribution in [3.63, 3.8) is 0 Å². The average Bonchev–Trinajstić information content (AvgIpc) is 3.24. The number of aliphatic hydroxyl groups excluding tert-OH is 1. The van der Waals surface area contributed by atoms with Gasteiger partial charge in [-0.05, 0) is 44.9 Å². The van der Waals surface area contributed by atoms with E-state index in [1.165, 1.54) is 0 Å². The highest BCUT2D eigenvalue weighted by Gasteiger charge is 2.46. The van der Waals surface area contributed by atoms with Gasteiger partial charge in [0.25, 0.3) is 0 Å². The third-order valence-corrected chi connectivity index (χ3v) is 17.0. The van der Waals surface area contributed by atoms with Gasteiger partial charge in [-0.15, -0.1) is 0 Å². The van der Waals surface area contributed by atoms with Gasteiger partial charge in [0.1, 0.15) is 0 Å². The van der Waals surface area contributed by atoms with Crippen molar-refractivity contribution in [2.24, 2.45) is 48.7 Å². The Bertz CT molecular complexity index is 1240. The van der Waals surface area contributed by atoms with Crippen LogP contribution in [0.15, 0.2) is 0 Å². The van der Waals surface area contributed by atoms with E-state index in [0.717, 1.165) is 84.6 Å². The van der Waals surface area contributed by atoms with Gasteiger partial charge in [0.2, 0.25) is 0 Å². The Morgan fingerprint density at radius 2 is 0.463 bits per heavy atom. The molecule has 0 radical (unpaired) electrons. The molecule has 15 heteroatoms. The fourth-order valence-corrected chi connectivity index (χ4v) is 9.36. The summed E-state index contributed by atoms with van der Waals surface area (Å²) in [6, 6.07) is 0. The zero-order valence-electron chi connectivity index (χ0n) is 43.1. The highest BCUT2D eigenvalue weighted by atomic mass is 16.6. The second-order valence-corrected chi connectivity index (χ2v) is 23.0. The Hall–Kier alpha value is -0.600. The molecule has 0 spiro atoms. The van der Waals surface area contributed by atoms with E-state index < -0.39 is 10.8 Å². The van der Waals surface area contributed by atoms with Gasteiger partial charge in [-0.1, -0.05) is 48.5 Å². The lowest BCUT2D eigenvalue weighted by atomic mass is 9.82. The molecule has 0 aromatic rings. The highest BCUT2D eigenvalue weighted by molar-refractivity contribution is 4.92. The van der Waals surface area contributed by atoms with Crippen LogP contribution >= 0.6 is 0 Å². The minimum absolute atomic E-state index is 0.0314. The summed E-state index contributed by atoms with van der Waals surface area (Å²) in [5.74, 6) is 0. The first-order valence-electron chi connectivity index (χ1n) is 26.1. The predicted molar refractivity (Wildman–Crippen MR) is 252 cm³/mol. The molecule has 0 aromatic heterocycles. The Labute approximate surface area is 404 Å². The number of hydrogen-bond acceptors (Lipinski definition) is 15. The minimum atomic E-state index is -0.756. The number of hydrogen-bond donors (Lipinski definition) is 1. The summed E-state index contributed by atoms with van der Waals surface area (Å²) in [4.78, 5) is 0. The lowest BCUT2D eigenvalue weighted by molar-refractivity contribution is -0.202. The molecule has 7 fully saturated rings. The van der Waals surface area contributed by atoms with Crippen molar-refractivity contribution in [3.05, 3.63) is 0 Å². The number of ether oxygens (including phenoxy) is 14. The van der Waals surface area contributed by atoms with Crippen molar-refractivity contribution in [1.82, 2.24) is 0 Å². The quantitative estimate of drug-likeness (QED) is 0.0778. The summed E-state index contributed by atoms with van der Waals surface area (Å²) in [7, 11) is 0. The van der Waals surface area contributed by atoms with Gasteiger partial charge in [0.15, 0.2) is 0 Å². The van der Waals surface area contributed by atoms with Crippen LogP contribution in [0, 0.1) is 48.7 Å². The molecule has 0 atom stereocenters. The average molecular weight is 959 g/mol. The first kappa shape index (κ1) is 55.7. The fourth-order valence-electron chi connectivity index (χ4n) is 9.36. The van der Waals surface area contributed by atoms with Crippen LogP contribution in [0.1, 0.15) is 93.4 Å². The van der Waals surface area contributed by atoms with Crippen molar-refractivity contribution in [3.8, 4) is 0 Å². The highest BCUT2D eigenvalue weighted by Crippen LogP contribution is 2.39. The van der Waals surface area contributed by atoms with Crippen LogP contribution in [-0.2, 0) is 66.3 Å². The predicted octanol–water partition coefficient (Wildman–Crippen LogP) is 6.04. The maximum Gasteiger partial charge on any atom is 0.0637 e. The molecule has 15 nitrogen and oxygen atoms in total. The van der Waals surface area contributed by atoms with Crippen molar-refractivity contribution in [2.75, 3.05) is 192 Å². The van der Waals surface area contributed by atoms with E-state index in [1.54, 1.807) is 0 Å². The molecule has 0 saturated carbocycles.